The largest absolute Gasteiger partial charge is 0.299 e. The van der Waals surface area contributed by atoms with E-state index in [0.29, 0.717) is 23.4 Å². The molecule has 2 nitrogen and oxygen atoms in total. The molecule has 2 unspecified atom stereocenters. The van der Waals surface area contributed by atoms with Crippen molar-refractivity contribution in [3.05, 3.63) is 34.6 Å². The molecule has 4 heteroatoms. The quantitative estimate of drug-likeness (QED) is 0.834. The normalized spacial score (nSPS) is 27.2. The molecule has 0 amide bonds. The van der Waals surface area contributed by atoms with Gasteiger partial charge in [0.1, 0.15) is 11.6 Å². The highest BCUT2D eigenvalue weighted by atomic mass is 35.5. The van der Waals surface area contributed by atoms with Gasteiger partial charge < -0.3 is 0 Å². The lowest BCUT2D eigenvalue weighted by Gasteiger charge is -2.33. The predicted octanol–water partition coefficient (Wildman–Crippen LogP) is 4.20. The van der Waals surface area contributed by atoms with Gasteiger partial charge in [0.05, 0.1) is 0 Å². The van der Waals surface area contributed by atoms with Crippen LogP contribution in [0.2, 0.25) is 5.02 Å². The zero-order chi connectivity index (χ0) is 14.8. The number of ketones is 1. The summed E-state index contributed by atoms with van der Waals surface area (Å²) in [4.78, 5) is 14.6. The molecular formula is C17H21ClFNO. The Kier molecular flexibility index (Phi) is 4.60. The summed E-state index contributed by atoms with van der Waals surface area (Å²) in [5, 5.41) is 0.482. The highest BCUT2D eigenvalue weighted by Crippen LogP contribution is 2.34. The average molecular weight is 310 g/mol. The fourth-order valence-electron chi connectivity index (χ4n) is 3.79. The molecule has 0 spiro atoms. The van der Waals surface area contributed by atoms with Crippen LogP contribution in [-0.4, -0.2) is 23.3 Å². The van der Waals surface area contributed by atoms with Crippen molar-refractivity contribution in [1.82, 2.24) is 4.90 Å². The van der Waals surface area contributed by atoms with Gasteiger partial charge in [-0.05, 0) is 49.9 Å². The first-order chi connectivity index (χ1) is 10.1. The van der Waals surface area contributed by atoms with E-state index in [0.717, 1.165) is 50.6 Å². The summed E-state index contributed by atoms with van der Waals surface area (Å²) in [6.07, 6.45) is 6.20. The van der Waals surface area contributed by atoms with Crippen LogP contribution in [0.5, 0.6) is 0 Å². The smallest absolute Gasteiger partial charge is 0.137 e. The van der Waals surface area contributed by atoms with Gasteiger partial charge in [0.25, 0.3) is 0 Å². The van der Waals surface area contributed by atoms with Gasteiger partial charge >= 0.3 is 0 Å². The molecule has 0 bridgehead atoms. The number of rotatable bonds is 3. The van der Waals surface area contributed by atoms with Gasteiger partial charge in [-0.1, -0.05) is 24.1 Å². The van der Waals surface area contributed by atoms with Crippen LogP contribution in [0.4, 0.5) is 4.39 Å². The second-order valence-electron chi connectivity index (χ2n) is 6.23. The van der Waals surface area contributed by atoms with E-state index in [1.165, 1.54) is 12.1 Å². The van der Waals surface area contributed by atoms with Crippen molar-refractivity contribution < 1.29 is 9.18 Å². The molecule has 1 aromatic rings. The maximum atomic E-state index is 13.1. The first kappa shape index (κ1) is 15.0. The summed E-state index contributed by atoms with van der Waals surface area (Å²) < 4.78 is 13.1. The van der Waals surface area contributed by atoms with Gasteiger partial charge in [0, 0.05) is 29.9 Å². The van der Waals surface area contributed by atoms with Gasteiger partial charge in [0.15, 0.2) is 0 Å². The first-order valence-electron chi connectivity index (χ1n) is 7.86. The average Bonchev–Trinajstić information content (AvgIpc) is 2.90. The minimum atomic E-state index is -0.302. The van der Waals surface area contributed by atoms with Crippen molar-refractivity contribution in [3.8, 4) is 0 Å². The van der Waals surface area contributed by atoms with Gasteiger partial charge in [-0.3, -0.25) is 9.69 Å². The number of hydrogen-bond donors (Lipinski definition) is 0. The minimum absolute atomic E-state index is 0.195. The van der Waals surface area contributed by atoms with E-state index in [4.69, 9.17) is 11.6 Å². The highest BCUT2D eigenvalue weighted by Gasteiger charge is 2.36. The molecule has 114 valence electrons. The lowest BCUT2D eigenvalue weighted by molar-refractivity contribution is -0.126. The van der Waals surface area contributed by atoms with E-state index < -0.39 is 0 Å². The molecule has 2 aliphatic rings. The number of hydrogen-bond acceptors (Lipinski definition) is 2. The molecule has 0 radical (unpaired) electrons. The van der Waals surface area contributed by atoms with Gasteiger partial charge in [-0.15, -0.1) is 0 Å². The summed E-state index contributed by atoms with van der Waals surface area (Å²) in [5.74, 6) is 0.327. The van der Waals surface area contributed by atoms with E-state index >= 15 is 0 Å². The van der Waals surface area contributed by atoms with E-state index in [1.807, 2.05) is 0 Å². The van der Waals surface area contributed by atoms with Crippen LogP contribution in [0.3, 0.4) is 0 Å². The van der Waals surface area contributed by atoms with Gasteiger partial charge in [-0.25, -0.2) is 4.39 Å². The molecule has 0 aromatic heterocycles. The molecule has 1 aromatic carbocycles. The van der Waals surface area contributed by atoms with Crippen LogP contribution >= 0.6 is 11.6 Å². The lowest BCUT2D eigenvalue weighted by Crippen LogP contribution is -2.40. The molecule has 1 heterocycles. The summed E-state index contributed by atoms with van der Waals surface area (Å²) >= 11 is 6.14. The van der Waals surface area contributed by atoms with Gasteiger partial charge in [-0.2, -0.15) is 0 Å². The third kappa shape index (κ3) is 3.29. The summed E-state index contributed by atoms with van der Waals surface area (Å²) in [7, 11) is 0. The molecule has 1 saturated heterocycles. The van der Waals surface area contributed by atoms with Crippen molar-refractivity contribution in [3.63, 3.8) is 0 Å². The summed E-state index contributed by atoms with van der Waals surface area (Å²) in [5.41, 5.74) is 0.952. The van der Waals surface area contributed by atoms with Crippen molar-refractivity contribution in [2.45, 2.75) is 51.1 Å². The SMILES string of the molecule is O=C1CCCCC1C1CCCN1Cc1ccc(F)cc1Cl. The minimum Gasteiger partial charge on any atom is -0.299 e. The number of halogens is 2. The molecule has 1 aliphatic heterocycles. The van der Waals surface area contributed by atoms with Gasteiger partial charge in [0.2, 0.25) is 0 Å². The third-order valence-corrected chi connectivity index (χ3v) is 5.22. The van der Waals surface area contributed by atoms with Crippen molar-refractivity contribution in [2.24, 2.45) is 5.92 Å². The molecule has 1 saturated carbocycles. The Morgan fingerprint density at radius 2 is 2.10 bits per heavy atom. The van der Waals surface area contributed by atoms with Crippen LogP contribution in [-0.2, 0) is 11.3 Å². The Labute approximate surface area is 130 Å². The number of benzene rings is 1. The molecular weight excluding hydrogens is 289 g/mol. The third-order valence-electron chi connectivity index (χ3n) is 4.87. The Morgan fingerprint density at radius 1 is 1.24 bits per heavy atom. The van der Waals surface area contributed by atoms with E-state index in [9.17, 15) is 9.18 Å². The maximum absolute atomic E-state index is 13.1. The van der Waals surface area contributed by atoms with Crippen LogP contribution in [0.1, 0.15) is 44.1 Å². The number of Topliss-reactive ketones (excluding diaryl/α,β-unsaturated/α-hetero) is 1. The first-order valence-corrected chi connectivity index (χ1v) is 8.23. The van der Waals surface area contributed by atoms with Crippen molar-refractivity contribution in [1.29, 1.82) is 0 Å². The monoisotopic (exact) mass is 309 g/mol. The standard InChI is InChI=1S/C17H21ClFNO/c18-15-10-13(19)8-7-12(15)11-20-9-3-5-16(20)14-4-1-2-6-17(14)21/h7-8,10,14,16H,1-6,9,11H2. The molecule has 3 rings (SSSR count). The topological polar surface area (TPSA) is 20.3 Å². The fraction of sp³-hybridized carbons (Fsp3) is 0.588. The Balaban J connectivity index is 1.73. The van der Waals surface area contributed by atoms with E-state index in [1.54, 1.807) is 6.07 Å². The molecule has 0 N–H and O–H groups in total. The number of carbonyl (C=O) groups excluding carboxylic acids is 1. The van der Waals surface area contributed by atoms with Crippen molar-refractivity contribution >= 4 is 17.4 Å². The lowest BCUT2D eigenvalue weighted by atomic mass is 9.82. The van der Waals surface area contributed by atoms with Crippen LogP contribution in [0, 0.1) is 11.7 Å². The second-order valence-corrected chi connectivity index (χ2v) is 6.64. The number of likely N-dealkylation sites (tertiary alicyclic amines) is 1. The zero-order valence-corrected chi connectivity index (χ0v) is 12.9. The van der Waals surface area contributed by atoms with E-state index in [2.05, 4.69) is 4.90 Å². The zero-order valence-electron chi connectivity index (χ0n) is 12.2. The molecule has 21 heavy (non-hydrogen) atoms. The molecule has 1 aliphatic carbocycles. The maximum Gasteiger partial charge on any atom is 0.137 e. The van der Waals surface area contributed by atoms with E-state index in [-0.39, 0.29) is 11.7 Å². The van der Waals surface area contributed by atoms with Crippen LogP contribution < -0.4 is 0 Å². The Morgan fingerprint density at radius 3 is 2.86 bits per heavy atom. The van der Waals surface area contributed by atoms with Crippen LogP contribution in [0.15, 0.2) is 18.2 Å². The highest BCUT2D eigenvalue weighted by molar-refractivity contribution is 6.31. The number of nitrogens with zero attached hydrogens (tertiary/aromatic N) is 1. The number of carbonyl (C=O) groups is 1. The Hall–Kier alpha value is -0.930. The summed E-state index contributed by atoms with van der Waals surface area (Å²) in [6, 6.07) is 4.93. The van der Waals surface area contributed by atoms with Crippen LogP contribution in [0.25, 0.3) is 0 Å². The van der Waals surface area contributed by atoms with Crippen molar-refractivity contribution in [2.75, 3.05) is 6.54 Å². The second kappa shape index (κ2) is 6.45. The molecule has 2 atom stereocenters. The summed E-state index contributed by atoms with van der Waals surface area (Å²) in [6.45, 7) is 1.72. The molecule has 2 fully saturated rings. The predicted molar refractivity (Wildman–Crippen MR) is 81.8 cm³/mol. The fourth-order valence-corrected chi connectivity index (χ4v) is 4.02. The Bertz CT molecular complexity index is 534.